The molecule has 0 aliphatic carbocycles. The molecule has 2 amide bonds. The molecule has 114 valence electrons. The van der Waals surface area contributed by atoms with Crippen LogP contribution in [0.5, 0.6) is 0 Å². The molecule has 2 aromatic carbocycles. The van der Waals surface area contributed by atoms with E-state index in [4.69, 9.17) is 0 Å². The van der Waals surface area contributed by atoms with Crippen molar-refractivity contribution in [1.29, 1.82) is 0 Å². The van der Waals surface area contributed by atoms with E-state index in [1.165, 1.54) is 13.0 Å². The zero-order valence-corrected chi connectivity index (χ0v) is 11.8. The molecule has 0 aliphatic rings. The fraction of sp³-hybridized carbons (Fsp3) is 0.125. The monoisotopic (exact) mass is 304 g/mol. The van der Waals surface area contributed by atoms with Gasteiger partial charge >= 0.3 is 0 Å². The molecule has 4 nitrogen and oxygen atoms in total. The maximum atomic E-state index is 13.0. The van der Waals surface area contributed by atoms with Crippen LogP contribution < -0.4 is 10.6 Å². The Morgan fingerprint density at radius 2 is 1.55 bits per heavy atom. The molecule has 0 aliphatic heterocycles. The van der Waals surface area contributed by atoms with Crippen LogP contribution in [0.2, 0.25) is 0 Å². The van der Waals surface area contributed by atoms with Gasteiger partial charge in [-0.25, -0.2) is 8.78 Å². The zero-order valence-electron chi connectivity index (χ0n) is 11.8. The molecule has 2 aromatic rings. The van der Waals surface area contributed by atoms with E-state index in [0.717, 1.165) is 17.7 Å². The third-order valence-electron chi connectivity index (χ3n) is 2.84. The van der Waals surface area contributed by atoms with E-state index in [9.17, 15) is 18.4 Å². The molecule has 0 saturated carbocycles. The Labute approximate surface area is 126 Å². The molecule has 0 fully saturated rings. The number of hydrogen-bond acceptors (Lipinski definition) is 2. The number of anilines is 2. The third-order valence-corrected chi connectivity index (χ3v) is 2.84. The van der Waals surface area contributed by atoms with Crippen molar-refractivity contribution in [3.63, 3.8) is 0 Å². The highest BCUT2D eigenvalue weighted by molar-refractivity contribution is 5.92. The third kappa shape index (κ3) is 4.37. The van der Waals surface area contributed by atoms with Crippen molar-refractivity contribution in [2.24, 2.45) is 0 Å². The van der Waals surface area contributed by atoms with Crippen molar-refractivity contribution in [3.8, 4) is 0 Å². The van der Waals surface area contributed by atoms with E-state index in [-0.39, 0.29) is 23.9 Å². The van der Waals surface area contributed by atoms with Crippen molar-refractivity contribution in [1.82, 2.24) is 0 Å². The van der Waals surface area contributed by atoms with E-state index in [0.29, 0.717) is 5.69 Å². The second-order valence-corrected chi connectivity index (χ2v) is 4.73. The molecule has 0 bridgehead atoms. The molecule has 0 heterocycles. The summed E-state index contributed by atoms with van der Waals surface area (Å²) in [4.78, 5) is 22.7. The van der Waals surface area contributed by atoms with Gasteiger partial charge in [-0.2, -0.15) is 0 Å². The number of benzene rings is 2. The molecule has 22 heavy (non-hydrogen) atoms. The molecule has 0 atom stereocenters. The van der Waals surface area contributed by atoms with Crippen molar-refractivity contribution in [2.45, 2.75) is 13.3 Å². The van der Waals surface area contributed by atoms with E-state index in [1.807, 2.05) is 0 Å². The predicted molar refractivity (Wildman–Crippen MR) is 79.4 cm³/mol. The van der Waals surface area contributed by atoms with Crippen LogP contribution in [0.3, 0.4) is 0 Å². The highest BCUT2D eigenvalue weighted by Gasteiger charge is 2.07. The Kier molecular flexibility index (Phi) is 4.83. The smallest absolute Gasteiger partial charge is 0.228 e. The van der Waals surface area contributed by atoms with Gasteiger partial charge < -0.3 is 10.6 Å². The second-order valence-electron chi connectivity index (χ2n) is 4.73. The summed E-state index contributed by atoms with van der Waals surface area (Å²) >= 11 is 0. The second kappa shape index (κ2) is 6.80. The molecule has 2 rings (SSSR count). The van der Waals surface area contributed by atoms with Gasteiger partial charge in [-0.3, -0.25) is 9.59 Å². The Morgan fingerprint density at radius 3 is 2.14 bits per heavy atom. The topological polar surface area (TPSA) is 58.2 Å². The molecular weight excluding hydrogens is 290 g/mol. The minimum absolute atomic E-state index is 0.0827. The lowest BCUT2D eigenvalue weighted by molar-refractivity contribution is -0.116. The minimum atomic E-state index is -1.02. The molecular formula is C16H14F2N2O2. The Balaban J connectivity index is 1.96. The summed E-state index contributed by atoms with van der Waals surface area (Å²) in [6, 6.07) is 9.94. The van der Waals surface area contributed by atoms with Gasteiger partial charge in [0.1, 0.15) is 0 Å². The molecule has 0 spiro atoms. The average Bonchev–Trinajstić information content (AvgIpc) is 2.44. The summed E-state index contributed by atoms with van der Waals surface area (Å²) in [6.07, 6.45) is 0.0827. The zero-order chi connectivity index (χ0) is 16.1. The van der Waals surface area contributed by atoms with Crippen LogP contribution in [-0.2, 0) is 16.0 Å². The lowest BCUT2D eigenvalue weighted by Crippen LogP contribution is -2.14. The lowest BCUT2D eigenvalue weighted by Gasteiger charge is -2.07. The van der Waals surface area contributed by atoms with E-state index >= 15 is 0 Å². The normalized spacial score (nSPS) is 10.1. The van der Waals surface area contributed by atoms with Crippen LogP contribution in [-0.4, -0.2) is 11.8 Å². The summed E-state index contributed by atoms with van der Waals surface area (Å²) in [5.74, 6) is -2.51. The van der Waals surface area contributed by atoms with Gasteiger partial charge in [-0.15, -0.1) is 0 Å². The number of carbonyl (C=O) groups is 2. The van der Waals surface area contributed by atoms with Crippen LogP contribution in [0.25, 0.3) is 0 Å². The van der Waals surface area contributed by atoms with E-state index in [1.54, 1.807) is 24.3 Å². The highest BCUT2D eigenvalue weighted by Crippen LogP contribution is 2.14. The Bertz CT molecular complexity index is 700. The van der Waals surface area contributed by atoms with Crippen LogP contribution in [0.1, 0.15) is 12.5 Å². The quantitative estimate of drug-likeness (QED) is 0.912. The van der Waals surface area contributed by atoms with Gasteiger partial charge in [0.25, 0.3) is 0 Å². The summed E-state index contributed by atoms with van der Waals surface area (Å²) in [7, 11) is 0. The molecule has 0 unspecified atom stereocenters. The van der Waals surface area contributed by atoms with E-state index < -0.39 is 11.6 Å². The summed E-state index contributed by atoms with van der Waals surface area (Å²) in [5.41, 5.74) is 1.56. The van der Waals surface area contributed by atoms with Crippen LogP contribution in [0, 0.1) is 11.6 Å². The molecule has 0 radical (unpaired) electrons. The van der Waals surface area contributed by atoms with Gasteiger partial charge in [0.05, 0.1) is 6.42 Å². The van der Waals surface area contributed by atoms with Gasteiger partial charge in [0.2, 0.25) is 11.8 Å². The average molecular weight is 304 g/mol. The van der Waals surface area contributed by atoms with E-state index in [2.05, 4.69) is 10.6 Å². The predicted octanol–water partition coefficient (Wildman–Crippen LogP) is 3.10. The first kappa shape index (κ1) is 15.6. The first-order valence-electron chi connectivity index (χ1n) is 6.55. The number of hydrogen-bond donors (Lipinski definition) is 2. The molecule has 0 aromatic heterocycles. The number of amides is 2. The van der Waals surface area contributed by atoms with Crippen molar-refractivity contribution >= 4 is 23.2 Å². The highest BCUT2D eigenvalue weighted by atomic mass is 19.2. The van der Waals surface area contributed by atoms with Crippen LogP contribution in [0.4, 0.5) is 20.2 Å². The van der Waals surface area contributed by atoms with Crippen molar-refractivity contribution < 1.29 is 18.4 Å². The van der Waals surface area contributed by atoms with Crippen molar-refractivity contribution in [2.75, 3.05) is 10.6 Å². The van der Waals surface area contributed by atoms with Crippen LogP contribution in [0.15, 0.2) is 42.5 Å². The molecule has 0 saturated heterocycles. The first-order chi connectivity index (χ1) is 10.4. The molecule has 6 heteroatoms. The van der Waals surface area contributed by atoms with Gasteiger partial charge in [-0.05, 0) is 29.8 Å². The summed E-state index contributed by atoms with van der Waals surface area (Å²) in [6.45, 7) is 1.41. The maximum absolute atomic E-state index is 13.0. The summed E-state index contributed by atoms with van der Waals surface area (Å²) < 4.78 is 25.8. The summed E-state index contributed by atoms with van der Waals surface area (Å²) in [5, 5.41) is 5.11. The van der Waals surface area contributed by atoms with Crippen molar-refractivity contribution in [3.05, 3.63) is 59.7 Å². The number of carbonyl (C=O) groups excluding carboxylic acids is 2. The Morgan fingerprint density at radius 1 is 0.909 bits per heavy atom. The van der Waals surface area contributed by atoms with Gasteiger partial charge in [0.15, 0.2) is 11.6 Å². The van der Waals surface area contributed by atoms with Crippen LogP contribution >= 0.6 is 0 Å². The SMILES string of the molecule is CC(=O)Nc1ccc(CC(=O)Nc2ccc(F)c(F)c2)cc1. The first-order valence-corrected chi connectivity index (χ1v) is 6.55. The largest absolute Gasteiger partial charge is 0.326 e. The fourth-order valence-electron chi connectivity index (χ4n) is 1.87. The molecule has 2 N–H and O–H groups in total. The standard InChI is InChI=1S/C16H14F2N2O2/c1-10(21)19-12-4-2-11(3-5-12)8-16(22)20-13-6-7-14(17)15(18)9-13/h2-7,9H,8H2,1H3,(H,19,21)(H,20,22). The van der Waals surface area contributed by atoms with Gasteiger partial charge in [-0.1, -0.05) is 12.1 Å². The van der Waals surface area contributed by atoms with Gasteiger partial charge in [0, 0.05) is 24.4 Å². The lowest BCUT2D eigenvalue weighted by atomic mass is 10.1. The Hall–Kier alpha value is -2.76. The maximum Gasteiger partial charge on any atom is 0.228 e. The number of halogens is 2. The number of nitrogens with one attached hydrogen (secondary N) is 2. The fourth-order valence-corrected chi connectivity index (χ4v) is 1.87. The minimum Gasteiger partial charge on any atom is -0.326 e. The number of rotatable bonds is 4.